The maximum absolute atomic E-state index is 12.4. The van der Waals surface area contributed by atoms with Gasteiger partial charge >= 0.3 is 5.97 Å². The normalized spacial score (nSPS) is 11.4. The van der Waals surface area contributed by atoms with Gasteiger partial charge in [0.2, 0.25) is 0 Å². The Morgan fingerprint density at radius 3 is 2.37 bits per heavy atom. The highest BCUT2D eigenvalue weighted by atomic mass is 16.6. The van der Waals surface area contributed by atoms with Crippen LogP contribution in [0.3, 0.4) is 0 Å². The summed E-state index contributed by atoms with van der Waals surface area (Å²) in [5.41, 5.74) is 5.26. The minimum Gasteiger partial charge on any atom is -0.482 e. The molecule has 0 saturated heterocycles. The topological polar surface area (TPSA) is 52.6 Å². The van der Waals surface area contributed by atoms with Crippen molar-refractivity contribution >= 4 is 11.8 Å². The number of ether oxygens (including phenoxy) is 2. The number of hydrogen-bond acceptors (Lipinski definition) is 4. The molecule has 0 atom stereocenters. The third-order valence-corrected chi connectivity index (χ3v) is 4.58. The number of carbonyl (C=O) groups excluding carboxylic acids is 2. The molecule has 0 unspecified atom stereocenters. The van der Waals surface area contributed by atoms with E-state index in [-0.39, 0.29) is 19.0 Å². The Bertz CT molecular complexity index is 992. The second kappa shape index (κ2) is 7.46. The van der Waals surface area contributed by atoms with E-state index >= 15 is 0 Å². The molecular weight excluding hydrogens is 340 g/mol. The van der Waals surface area contributed by atoms with Gasteiger partial charge in [-0.1, -0.05) is 54.6 Å². The number of carbonyl (C=O) groups is 2. The predicted molar refractivity (Wildman–Crippen MR) is 102 cm³/mol. The SMILES string of the molecule is O=C(COc1ccccc1)OCC(=O)c1ccc2c(c1)-c1ccccc1C2. The number of hydrogen-bond donors (Lipinski definition) is 0. The summed E-state index contributed by atoms with van der Waals surface area (Å²) in [4.78, 5) is 24.2. The van der Waals surface area contributed by atoms with Crippen molar-refractivity contribution in [3.63, 3.8) is 0 Å². The highest BCUT2D eigenvalue weighted by Gasteiger charge is 2.20. The molecule has 0 saturated carbocycles. The van der Waals surface area contributed by atoms with Crippen LogP contribution < -0.4 is 4.74 Å². The lowest BCUT2D eigenvalue weighted by atomic mass is 10.0. The van der Waals surface area contributed by atoms with Crippen LogP contribution in [-0.2, 0) is 16.0 Å². The van der Waals surface area contributed by atoms with Gasteiger partial charge in [0.15, 0.2) is 19.0 Å². The molecule has 0 spiro atoms. The van der Waals surface area contributed by atoms with Crippen LogP contribution in [0.5, 0.6) is 5.75 Å². The Kier molecular flexibility index (Phi) is 4.71. The molecule has 0 fully saturated rings. The maximum Gasteiger partial charge on any atom is 0.344 e. The van der Waals surface area contributed by atoms with Gasteiger partial charge in [0.25, 0.3) is 0 Å². The highest BCUT2D eigenvalue weighted by molar-refractivity contribution is 5.99. The van der Waals surface area contributed by atoms with Crippen LogP contribution in [0.15, 0.2) is 72.8 Å². The largest absolute Gasteiger partial charge is 0.482 e. The molecule has 0 heterocycles. The van der Waals surface area contributed by atoms with E-state index in [1.165, 1.54) is 11.1 Å². The Hall–Kier alpha value is -3.40. The van der Waals surface area contributed by atoms with E-state index < -0.39 is 5.97 Å². The first-order valence-electron chi connectivity index (χ1n) is 8.78. The zero-order chi connectivity index (χ0) is 18.6. The fraction of sp³-hybridized carbons (Fsp3) is 0.130. The molecule has 4 rings (SSSR count). The number of ketones is 1. The lowest BCUT2D eigenvalue weighted by Crippen LogP contribution is -2.19. The molecule has 27 heavy (non-hydrogen) atoms. The summed E-state index contributed by atoms with van der Waals surface area (Å²) in [5.74, 6) is -0.216. The Morgan fingerprint density at radius 2 is 1.52 bits per heavy atom. The van der Waals surface area contributed by atoms with Crippen molar-refractivity contribution in [3.05, 3.63) is 89.5 Å². The average molecular weight is 358 g/mol. The quantitative estimate of drug-likeness (QED) is 0.385. The molecule has 134 valence electrons. The predicted octanol–water partition coefficient (Wildman–Crippen LogP) is 4.06. The molecule has 0 radical (unpaired) electrons. The number of rotatable bonds is 6. The highest BCUT2D eigenvalue weighted by Crippen LogP contribution is 2.36. The molecule has 0 aliphatic heterocycles. The first-order chi connectivity index (χ1) is 13.2. The zero-order valence-electron chi connectivity index (χ0n) is 14.7. The van der Waals surface area contributed by atoms with Gasteiger partial charge in [-0.3, -0.25) is 4.79 Å². The molecule has 0 amide bonds. The van der Waals surface area contributed by atoms with Crippen LogP contribution in [-0.4, -0.2) is 25.0 Å². The number of para-hydroxylation sites is 1. The van der Waals surface area contributed by atoms with E-state index in [2.05, 4.69) is 12.1 Å². The van der Waals surface area contributed by atoms with Crippen LogP contribution >= 0.6 is 0 Å². The molecule has 4 heteroatoms. The van der Waals surface area contributed by atoms with Crippen molar-refractivity contribution in [1.82, 2.24) is 0 Å². The van der Waals surface area contributed by atoms with E-state index in [1.807, 2.05) is 42.5 Å². The summed E-state index contributed by atoms with van der Waals surface area (Å²) in [6.07, 6.45) is 0.881. The molecular formula is C23H18O4. The van der Waals surface area contributed by atoms with Gasteiger partial charge in [-0.05, 0) is 46.9 Å². The first-order valence-corrected chi connectivity index (χ1v) is 8.78. The van der Waals surface area contributed by atoms with Crippen molar-refractivity contribution in [1.29, 1.82) is 0 Å². The number of benzene rings is 3. The maximum atomic E-state index is 12.4. The number of esters is 1. The molecule has 0 N–H and O–H groups in total. The van der Waals surface area contributed by atoms with Crippen molar-refractivity contribution in [2.24, 2.45) is 0 Å². The lowest BCUT2D eigenvalue weighted by Gasteiger charge is -2.08. The summed E-state index contributed by atoms with van der Waals surface area (Å²) in [6.45, 7) is -0.522. The molecule has 1 aliphatic rings. The van der Waals surface area contributed by atoms with Crippen LogP contribution in [0.1, 0.15) is 21.5 Å². The third kappa shape index (κ3) is 3.75. The monoisotopic (exact) mass is 358 g/mol. The smallest absolute Gasteiger partial charge is 0.344 e. The fourth-order valence-electron chi connectivity index (χ4n) is 3.23. The molecule has 3 aromatic carbocycles. The molecule has 0 bridgehead atoms. The summed E-state index contributed by atoms with van der Waals surface area (Å²) < 4.78 is 10.4. The summed E-state index contributed by atoms with van der Waals surface area (Å²) in [6, 6.07) is 22.8. The van der Waals surface area contributed by atoms with Gasteiger partial charge in [0.05, 0.1) is 0 Å². The second-order valence-electron chi connectivity index (χ2n) is 6.39. The zero-order valence-corrected chi connectivity index (χ0v) is 14.7. The van der Waals surface area contributed by atoms with Crippen molar-refractivity contribution < 1.29 is 19.1 Å². The Labute approximate surface area is 157 Å². The summed E-state index contributed by atoms with van der Waals surface area (Å²) >= 11 is 0. The molecule has 4 nitrogen and oxygen atoms in total. The minimum absolute atomic E-state index is 0.227. The van der Waals surface area contributed by atoms with E-state index in [0.29, 0.717) is 11.3 Å². The van der Waals surface area contributed by atoms with Crippen molar-refractivity contribution in [3.8, 4) is 16.9 Å². The Balaban J connectivity index is 1.36. The molecule has 0 aromatic heterocycles. The van der Waals surface area contributed by atoms with E-state index in [0.717, 1.165) is 17.5 Å². The summed E-state index contributed by atoms with van der Waals surface area (Å²) in [7, 11) is 0. The van der Waals surface area contributed by atoms with Crippen LogP contribution in [0, 0.1) is 0 Å². The van der Waals surface area contributed by atoms with Gasteiger partial charge < -0.3 is 9.47 Å². The van der Waals surface area contributed by atoms with Crippen LogP contribution in [0.2, 0.25) is 0 Å². The van der Waals surface area contributed by atoms with Crippen molar-refractivity contribution in [2.45, 2.75) is 6.42 Å². The third-order valence-electron chi connectivity index (χ3n) is 4.58. The van der Waals surface area contributed by atoms with Gasteiger partial charge in [-0.15, -0.1) is 0 Å². The first kappa shape index (κ1) is 17.0. The fourth-order valence-corrected chi connectivity index (χ4v) is 3.23. The van der Waals surface area contributed by atoms with Crippen molar-refractivity contribution in [2.75, 3.05) is 13.2 Å². The number of Topliss-reactive ketones (excluding diaryl/α,β-unsaturated/α-hetero) is 1. The van der Waals surface area contributed by atoms with Gasteiger partial charge in [-0.2, -0.15) is 0 Å². The van der Waals surface area contributed by atoms with Crippen LogP contribution in [0.4, 0.5) is 0 Å². The number of fused-ring (bicyclic) bond motifs is 3. The van der Waals surface area contributed by atoms with E-state index in [4.69, 9.17) is 9.47 Å². The van der Waals surface area contributed by atoms with Crippen LogP contribution in [0.25, 0.3) is 11.1 Å². The molecule has 3 aromatic rings. The lowest BCUT2D eigenvalue weighted by molar-refractivity contribution is -0.144. The van der Waals surface area contributed by atoms with E-state index in [9.17, 15) is 9.59 Å². The second-order valence-corrected chi connectivity index (χ2v) is 6.39. The standard InChI is InChI=1S/C23H18O4/c24-22(14-27-23(25)15-26-19-7-2-1-3-8-19)18-11-10-17-12-16-6-4-5-9-20(16)21(17)13-18/h1-11,13H,12,14-15H2. The van der Waals surface area contributed by atoms with Gasteiger partial charge in [0.1, 0.15) is 5.75 Å². The summed E-state index contributed by atoms with van der Waals surface area (Å²) in [5, 5.41) is 0. The molecule has 1 aliphatic carbocycles. The van der Waals surface area contributed by atoms with Gasteiger partial charge in [0, 0.05) is 5.56 Å². The van der Waals surface area contributed by atoms with E-state index in [1.54, 1.807) is 18.2 Å². The van der Waals surface area contributed by atoms with Gasteiger partial charge in [-0.25, -0.2) is 4.79 Å². The minimum atomic E-state index is -0.571. The Morgan fingerprint density at radius 1 is 0.778 bits per heavy atom. The average Bonchev–Trinajstić information content (AvgIpc) is 3.09.